The van der Waals surface area contributed by atoms with Crippen LogP contribution in [0.3, 0.4) is 0 Å². The van der Waals surface area contributed by atoms with E-state index in [-0.39, 0.29) is 17.9 Å². The van der Waals surface area contributed by atoms with E-state index in [2.05, 4.69) is 38.4 Å². The van der Waals surface area contributed by atoms with Crippen LogP contribution in [-0.4, -0.2) is 53.5 Å². The summed E-state index contributed by atoms with van der Waals surface area (Å²) in [6, 6.07) is 3.55. The minimum absolute atomic E-state index is 0.0172. The number of hydrazine groups is 1. The summed E-state index contributed by atoms with van der Waals surface area (Å²) >= 11 is 1.50. The average Bonchev–Trinajstić information content (AvgIpc) is 3.26. The lowest BCUT2D eigenvalue weighted by atomic mass is 9.98. The molecule has 0 unspecified atom stereocenters. The highest BCUT2D eigenvalue weighted by atomic mass is 32.1. The summed E-state index contributed by atoms with van der Waals surface area (Å²) in [7, 11) is 1.73. The summed E-state index contributed by atoms with van der Waals surface area (Å²) in [5.41, 5.74) is 6.66. The molecule has 9 nitrogen and oxygen atoms in total. The fourth-order valence-electron chi connectivity index (χ4n) is 3.30. The standard InChI is InChI=1S/C20H29N7O2S/c1-3-4-9-23-20(29)27-11-7-14(8-12-27)19-25-16(13-30-19)18(28)24-15-6-5-10-22-17(15)26-21-2/h5-6,10,13-14,21H,3-4,7-9,11-12H2,1-2H3,(H,22,26)(H,23,29)(H,24,28). The Morgan fingerprint density at radius 3 is 2.83 bits per heavy atom. The Morgan fingerprint density at radius 2 is 2.10 bits per heavy atom. The number of thiazole rings is 1. The van der Waals surface area contributed by atoms with Crippen LogP contribution in [0.1, 0.15) is 54.0 Å². The maximum absolute atomic E-state index is 12.6. The number of nitrogens with zero attached hydrogens (tertiary/aromatic N) is 3. The number of hydrogen-bond donors (Lipinski definition) is 4. The lowest BCUT2D eigenvalue weighted by molar-refractivity contribution is 0.102. The number of unbranched alkanes of at least 4 members (excludes halogenated alkanes) is 1. The normalized spacial score (nSPS) is 14.4. The van der Waals surface area contributed by atoms with Crippen molar-refractivity contribution < 1.29 is 9.59 Å². The minimum atomic E-state index is -0.266. The van der Waals surface area contributed by atoms with Crippen molar-refractivity contribution in [3.63, 3.8) is 0 Å². The zero-order valence-corrected chi connectivity index (χ0v) is 18.2. The van der Waals surface area contributed by atoms with E-state index in [1.165, 1.54) is 11.3 Å². The van der Waals surface area contributed by atoms with Crippen LogP contribution in [-0.2, 0) is 0 Å². The van der Waals surface area contributed by atoms with Gasteiger partial charge in [-0.05, 0) is 31.4 Å². The molecule has 1 fully saturated rings. The molecule has 0 atom stereocenters. The predicted molar refractivity (Wildman–Crippen MR) is 119 cm³/mol. The van der Waals surface area contributed by atoms with Crippen LogP contribution in [0.15, 0.2) is 23.7 Å². The molecule has 2 aromatic rings. The van der Waals surface area contributed by atoms with Crippen molar-refractivity contribution >= 4 is 34.8 Å². The summed E-state index contributed by atoms with van der Waals surface area (Å²) in [5, 5.41) is 8.56. The number of amides is 3. The van der Waals surface area contributed by atoms with Gasteiger partial charge in [-0.25, -0.2) is 20.2 Å². The zero-order valence-electron chi connectivity index (χ0n) is 17.4. The Balaban J connectivity index is 1.54. The second-order valence-corrected chi connectivity index (χ2v) is 8.04. The topological polar surface area (TPSA) is 111 Å². The number of piperidine rings is 1. The molecule has 3 amide bonds. The first-order valence-corrected chi connectivity index (χ1v) is 11.2. The van der Waals surface area contributed by atoms with Crippen LogP contribution in [0, 0.1) is 0 Å². The van der Waals surface area contributed by atoms with Gasteiger partial charge >= 0.3 is 6.03 Å². The van der Waals surface area contributed by atoms with Crippen molar-refractivity contribution in [1.82, 2.24) is 25.6 Å². The summed E-state index contributed by atoms with van der Waals surface area (Å²) in [5.74, 6) is 0.543. The van der Waals surface area contributed by atoms with Gasteiger partial charge in [0.05, 0.1) is 10.7 Å². The molecule has 1 aliphatic rings. The molecule has 4 N–H and O–H groups in total. The molecule has 2 aromatic heterocycles. The molecule has 0 spiro atoms. The van der Waals surface area contributed by atoms with Gasteiger partial charge in [-0.3, -0.25) is 4.79 Å². The van der Waals surface area contributed by atoms with Crippen LogP contribution in [0.4, 0.5) is 16.3 Å². The monoisotopic (exact) mass is 431 g/mol. The number of urea groups is 1. The van der Waals surface area contributed by atoms with Crippen LogP contribution in [0.5, 0.6) is 0 Å². The number of rotatable bonds is 8. The van der Waals surface area contributed by atoms with Gasteiger partial charge < -0.3 is 21.0 Å². The van der Waals surface area contributed by atoms with E-state index < -0.39 is 0 Å². The maximum Gasteiger partial charge on any atom is 0.317 e. The van der Waals surface area contributed by atoms with Gasteiger partial charge in [-0.15, -0.1) is 11.3 Å². The van der Waals surface area contributed by atoms with Crippen LogP contribution in [0.25, 0.3) is 0 Å². The molecule has 3 rings (SSSR count). The highest BCUT2D eigenvalue weighted by Gasteiger charge is 2.26. The molecule has 10 heteroatoms. The molecular weight excluding hydrogens is 402 g/mol. The van der Waals surface area contributed by atoms with Gasteiger partial charge in [-0.1, -0.05) is 13.3 Å². The zero-order chi connectivity index (χ0) is 21.3. The number of nitrogens with one attached hydrogen (secondary N) is 4. The van der Waals surface area contributed by atoms with E-state index in [9.17, 15) is 9.59 Å². The number of carbonyl (C=O) groups excluding carboxylic acids is 2. The highest BCUT2D eigenvalue weighted by molar-refractivity contribution is 7.10. The Bertz CT molecular complexity index is 849. The van der Waals surface area contributed by atoms with E-state index in [1.54, 1.807) is 30.8 Å². The van der Waals surface area contributed by atoms with Gasteiger partial charge in [0.1, 0.15) is 5.69 Å². The Labute approximate surface area is 180 Å². The third-order valence-electron chi connectivity index (χ3n) is 4.99. The van der Waals surface area contributed by atoms with E-state index in [4.69, 9.17) is 0 Å². The van der Waals surface area contributed by atoms with Gasteiger partial charge in [-0.2, -0.15) is 0 Å². The Morgan fingerprint density at radius 1 is 1.30 bits per heavy atom. The van der Waals surface area contributed by atoms with E-state index in [0.29, 0.717) is 30.3 Å². The first kappa shape index (κ1) is 22.0. The number of aromatic nitrogens is 2. The fourth-order valence-corrected chi connectivity index (χ4v) is 4.27. The van der Waals surface area contributed by atoms with E-state index in [0.717, 1.165) is 37.2 Å². The third-order valence-corrected chi connectivity index (χ3v) is 6.00. The van der Waals surface area contributed by atoms with Crippen molar-refractivity contribution in [2.75, 3.05) is 37.4 Å². The second-order valence-electron chi connectivity index (χ2n) is 7.15. The molecule has 0 bridgehead atoms. The lowest BCUT2D eigenvalue weighted by Gasteiger charge is -2.31. The van der Waals surface area contributed by atoms with Gasteiger partial charge in [0, 0.05) is 44.2 Å². The van der Waals surface area contributed by atoms with Crippen LogP contribution >= 0.6 is 11.3 Å². The number of anilines is 2. The quantitative estimate of drug-likeness (QED) is 0.378. The van der Waals surface area contributed by atoms with Crippen molar-refractivity contribution in [1.29, 1.82) is 0 Å². The number of likely N-dealkylation sites (tertiary alicyclic amines) is 1. The molecule has 0 radical (unpaired) electrons. The molecule has 30 heavy (non-hydrogen) atoms. The predicted octanol–water partition coefficient (Wildman–Crippen LogP) is 3.03. The molecule has 1 aliphatic heterocycles. The molecule has 1 saturated heterocycles. The Hall–Kier alpha value is -2.72. The van der Waals surface area contributed by atoms with E-state index in [1.807, 2.05) is 4.90 Å². The summed E-state index contributed by atoms with van der Waals surface area (Å²) in [6.07, 6.45) is 5.42. The third kappa shape index (κ3) is 5.67. The summed E-state index contributed by atoms with van der Waals surface area (Å²) in [4.78, 5) is 35.4. The first-order valence-electron chi connectivity index (χ1n) is 10.3. The Kier molecular flexibility index (Phi) is 7.97. The lowest BCUT2D eigenvalue weighted by Crippen LogP contribution is -2.44. The number of pyridine rings is 1. The molecule has 0 saturated carbocycles. The molecule has 0 aromatic carbocycles. The highest BCUT2D eigenvalue weighted by Crippen LogP contribution is 2.30. The maximum atomic E-state index is 12.6. The van der Waals surface area contributed by atoms with Crippen molar-refractivity contribution in [2.24, 2.45) is 0 Å². The number of carbonyl (C=O) groups is 2. The molecular formula is C20H29N7O2S. The fraction of sp³-hybridized carbons (Fsp3) is 0.500. The van der Waals surface area contributed by atoms with E-state index >= 15 is 0 Å². The van der Waals surface area contributed by atoms with Gasteiger partial charge in [0.15, 0.2) is 5.82 Å². The minimum Gasteiger partial charge on any atom is -0.338 e. The van der Waals surface area contributed by atoms with Gasteiger partial charge in [0.25, 0.3) is 5.91 Å². The van der Waals surface area contributed by atoms with Crippen molar-refractivity contribution in [3.8, 4) is 0 Å². The average molecular weight is 432 g/mol. The van der Waals surface area contributed by atoms with Crippen molar-refractivity contribution in [3.05, 3.63) is 34.4 Å². The van der Waals surface area contributed by atoms with Crippen molar-refractivity contribution in [2.45, 2.75) is 38.5 Å². The SMILES string of the molecule is CCCCNC(=O)N1CCC(c2nc(C(=O)Nc3cccnc3NNC)cs2)CC1. The summed E-state index contributed by atoms with van der Waals surface area (Å²) in [6.45, 7) is 4.24. The number of hydrogen-bond acceptors (Lipinski definition) is 7. The first-order chi connectivity index (χ1) is 14.6. The molecule has 162 valence electrons. The second kappa shape index (κ2) is 10.9. The largest absolute Gasteiger partial charge is 0.338 e. The smallest absolute Gasteiger partial charge is 0.317 e. The van der Waals surface area contributed by atoms with Gasteiger partial charge in [0.2, 0.25) is 0 Å². The van der Waals surface area contributed by atoms with Crippen LogP contribution < -0.4 is 21.5 Å². The van der Waals surface area contributed by atoms with Crippen LogP contribution in [0.2, 0.25) is 0 Å². The summed E-state index contributed by atoms with van der Waals surface area (Å²) < 4.78 is 0. The molecule has 0 aliphatic carbocycles. The molecule has 3 heterocycles.